The van der Waals surface area contributed by atoms with E-state index in [9.17, 15) is 9.18 Å². The Morgan fingerprint density at radius 1 is 1.35 bits per heavy atom. The highest BCUT2D eigenvalue weighted by Crippen LogP contribution is 2.20. The van der Waals surface area contributed by atoms with Crippen LogP contribution in [0.3, 0.4) is 0 Å². The van der Waals surface area contributed by atoms with Gasteiger partial charge in [0.15, 0.2) is 4.80 Å². The number of para-hydroxylation sites is 1. The predicted molar refractivity (Wildman–Crippen MR) is 79.7 cm³/mol. The standard InChI is InChI=1S/C14H11FN2OS2/c1-2-17-12-9(15)5-3-6-10(12)20-14(17)16-13(18)11-7-4-8-19-11/h3-8H,2H2,1H3. The van der Waals surface area contributed by atoms with Gasteiger partial charge < -0.3 is 4.57 Å². The van der Waals surface area contributed by atoms with E-state index in [0.29, 0.717) is 21.7 Å². The fourth-order valence-corrected chi connectivity index (χ4v) is 3.72. The minimum absolute atomic E-state index is 0.283. The predicted octanol–water partition coefficient (Wildman–Crippen LogP) is 3.66. The first kappa shape index (κ1) is 13.2. The van der Waals surface area contributed by atoms with Crippen molar-refractivity contribution >= 4 is 38.8 Å². The molecule has 102 valence electrons. The van der Waals surface area contributed by atoms with Crippen molar-refractivity contribution < 1.29 is 9.18 Å². The number of amides is 1. The van der Waals surface area contributed by atoms with Crippen LogP contribution in [0.5, 0.6) is 0 Å². The molecule has 1 amide bonds. The highest BCUT2D eigenvalue weighted by molar-refractivity contribution is 7.16. The lowest BCUT2D eigenvalue weighted by atomic mass is 10.3. The number of carbonyl (C=O) groups excluding carboxylic acids is 1. The van der Waals surface area contributed by atoms with Crippen LogP contribution in [0.4, 0.5) is 4.39 Å². The first-order chi connectivity index (χ1) is 9.70. The van der Waals surface area contributed by atoms with Crippen LogP contribution in [0.1, 0.15) is 16.6 Å². The zero-order chi connectivity index (χ0) is 14.1. The van der Waals surface area contributed by atoms with Crippen molar-refractivity contribution in [3.8, 4) is 0 Å². The van der Waals surface area contributed by atoms with Gasteiger partial charge in [-0.05, 0) is 30.5 Å². The van der Waals surface area contributed by atoms with E-state index in [0.717, 1.165) is 4.70 Å². The summed E-state index contributed by atoms with van der Waals surface area (Å²) < 4.78 is 16.5. The van der Waals surface area contributed by atoms with Gasteiger partial charge in [0, 0.05) is 6.54 Å². The Bertz CT molecular complexity index is 831. The first-order valence-corrected chi connectivity index (χ1v) is 7.80. The third-order valence-electron chi connectivity index (χ3n) is 2.90. The monoisotopic (exact) mass is 306 g/mol. The van der Waals surface area contributed by atoms with Gasteiger partial charge in [0.2, 0.25) is 0 Å². The Kier molecular flexibility index (Phi) is 3.50. The zero-order valence-corrected chi connectivity index (χ0v) is 12.3. The number of carbonyl (C=O) groups is 1. The van der Waals surface area contributed by atoms with E-state index >= 15 is 0 Å². The molecule has 3 nitrogen and oxygen atoms in total. The quantitative estimate of drug-likeness (QED) is 0.711. The largest absolute Gasteiger partial charge is 0.314 e. The maximum absolute atomic E-state index is 13.9. The molecule has 0 saturated heterocycles. The molecule has 3 aromatic rings. The second-order valence-electron chi connectivity index (χ2n) is 4.11. The van der Waals surface area contributed by atoms with Gasteiger partial charge in [-0.25, -0.2) is 4.39 Å². The van der Waals surface area contributed by atoms with Crippen molar-refractivity contribution in [2.45, 2.75) is 13.5 Å². The molecule has 1 aromatic carbocycles. The highest BCUT2D eigenvalue weighted by Gasteiger charge is 2.11. The normalized spacial score (nSPS) is 12.2. The summed E-state index contributed by atoms with van der Waals surface area (Å²) in [5, 5.41) is 1.83. The average Bonchev–Trinajstić information content (AvgIpc) is 3.05. The fourth-order valence-electron chi connectivity index (χ4n) is 2.01. The van der Waals surface area contributed by atoms with E-state index in [1.165, 1.54) is 28.7 Å². The van der Waals surface area contributed by atoms with Gasteiger partial charge in [-0.2, -0.15) is 4.99 Å². The molecule has 20 heavy (non-hydrogen) atoms. The number of nitrogens with zero attached hydrogens (tertiary/aromatic N) is 2. The van der Waals surface area contributed by atoms with Gasteiger partial charge in [0.1, 0.15) is 5.82 Å². The van der Waals surface area contributed by atoms with E-state index in [2.05, 4.69) is 4.99 Å². The summed E-state index contributed by atoms with van der Waals surface area (Å²) >= 11 is 2.68. The third kappa shape index (κ3) is 2.21. The molecule has 0 fully saturated rings. The summed E-state index contributed by atoms with van der Waals surface area (Å²) in [4.78, 5) is 17.3. The summed E-state index contributed by atoms with van der Waals surface area (Å²) in [5.41, 5.74) is 0.512. The molecule has 0 unspecified atom stereocenters. The topological polar surface area (TPSA) is 34.4 Å². The number of aromatic nitrogens is 1. The molecule has 0 saturated carbocycles. The van der Waals surface area contributed by atoms with Gasteiger partial charge in [0.05, 0.1) is 15.1 Å². The van der Waals surface area contributed by atoms with E-state index in [1.54, 1.807) is 16.7 Å². The molecule has 6 heteroatoms. The lowest BCUT2D eigenvalue weighted by Crippen LogP contribution is -2.16. The molecule has 0 aliphatic rings. The molecule has 0 bridgehead atoms. The van der Waals surface area contributed by atoms with Crippen LogP contribution in [0, 0.1) is 5.82 Å². The molecule has 0 atom stereocenters. The van der Waals surface area contributed by atoms with Gasteiger partial charge >= 0.3 is 0 Å². The van der Waals surface area contributed by atoms with E-state index in [4.69, 9.17) is 0 Å². The van der Waals surface area contributed by atoms with Crippen molar-refractivity contribution in [1.29, 1.82) is 0 Å². The van der Waals surface area contributed by atoms with Crippen LogP contribution in [-0.4, -0.2) is 10.5 Å². The number of thiazole rings is 1. The Morgan fingerprint density at radius 3 is 2.90 bits per heavy atom. The lowest BCUT2D eigenvalue weighted by molar-refractivity contribution is 0.100. The number of thiophene rings is 1. The summed E-state index contributed by atoms with van der Waals surface area (Å²) in [7, 11) is 0. The van der Waals surface area contributed by atoms with Crippen LogP contribution < -0.4 is 4.80 Å². The van der Waals surface area contributed by atoms with Crippen molar-refractivity contribution in [2.24, 2.45) is 4.99 Å². The summed E-state index contributed by atoms with van der Waals surface area (Å²) in [5.74, 6) is -0.570. The summed E-state index contributed by atoms with van der Waals surface area (Å²) in [6.45, 7) is 2.48. The second kappa shape index (κ2) is 5.30. The Morgan fingerprint density at radius 2 is 2.20 bits per heavy atom. The molecule has 0 radical (unpaired) electrons. The molecular formula is C14H11FN2OS2. The molecule has 0 aliphatic carbocycles. The molecular weight excluding hydrogens is 295 g/mol. The van der Waals surface area contributed by atoms with Gasteiger partial charge in [-0.1, -0.05) is 23.5 Å². The number of benzene rings is 1. The summed E-state index contributed by atoms with van der Waals surface area (Å²) in [6, 6.07) is 8.47. The number of hydrogen-bond acceptors (Lipinski definition) is 3. The number of halogens is 1. The number of rotatable bonds is 2. The van der Waals surface area contributed by atoms with Crippen LogP contribution in [0.25, 0.3) is 10.2 Å². The van der Waals surface area contributed by atoms with Crippen molar-refractivity contribution in [2.75, 3.05) is 0 Å². The smallest absolute Gasteiger partial charge is 0.289 e. The molecule has 3 rings (SSSR count). The molecule has 2 heterocycles. The minimum atomic E-state index is -0.286. The average molecular weight is 306 g/mol. The first-order valence-electron chi connectivity index (χ1n) is 6.11. The van der Waals surface area contributed by atoms with Crippen molar-refractivity contribution in [3.63, 3.8) is 0 Å². The maximum Gasteiger partial charge on any atom is 0.289 e. The molecule has 0 spiro atoms. The zero-order valence-electron chi connectivity index (χ0n) is 10.7. The second-order valence-corrected chi connectivity index (χ2v) is 6.07. The van der Waals surface area contributed by atoms with Crippen LogP contribution in [0.15, 0.2) is 40.7 Å². The van der Waals surface area contributed by atoms with Crippen molar-refractivity contribution in [3.05, 3.63) is 51.2 Å². The number of aryl methyl sites for hydroxylation is 1. The van der Waals surface area contributed by atoms with E-state index in [-0.39, 0.29) is 11.7 Å². The lowest BCUT2D eigenvalue weighted by Gasteiger charge is -2.00. The van der Waals surface area contributed by atoms with Crippen molar-refractivity contribution in [1.82, 2.24) is 4.57 Å². The fraction of sp³-hybridized carbons (Fsp3) is 0.143. The number of fused-ring (bicyclic) bond motifs is 1. The molecule has 2 aromatic heterocycles. The number of hydrogen-bond donors (Lipinski definition) is 0. The summed E-state index contributed by atoms with van der Waals surface area (Å²) in [6.07, 6.45) is 0. The molecule has 0 N–H and O–H groups in total. The van der Waals surface area contributed by atoms with Gasteiger partial charge in [-0.15, -0.1) is 11.3 Å². The Labute approximate surface area is 122 Å². The van der Waals surface area contributed by atoms with Crippen LogP contribution >= 0.6 is 22.7 Å². The minimum Gasteiger partial charge on any atom is -0.314 e. The maximum atomic E-state index is 13.9. The Hall–Kier alpha value is -1.79. The highest BCUT2D eigenvalue weighted by atomic mass is 32.1. The van der Waals surface area contributed by atoms with Gasteiger partial charge in [-0.3, -0.25) is 4.79 Å². The van der Waals surface area contributed by atoms with E-state index < -0.39 is 0 Å². The Balaban J connectivity index is 2.21. The third-order valence-corrected chi connectivity index (χ3v) is 4.80. The van der Waals surface area contributed by atoms with Crippen LogP contribution in [-0.2, 0) is 6.54 Å². The van der Waals surface area contributed by atoms with Gasteiger partial charge in [0.25, 0.3) is 5.91 Å². The van der Waals surface area contributed by atoms with Crippen LogP contribution in [0.2, 0.25) is 0 Å². The van der Waals surface area contributed by atoms with E-state index in [1.807, 2.05) is 24.4 Å². The SMILES string of the molecule is CCn1c(=NC(=O)c2cccs2)sc2cccc(F)c21. The molecule has 0 aliphatic heterocycles.